The van der Waals surface area contributed by atoms with Gasteiger partial charge in [0.1, 0.15) is 0 Å². The molecule has 0 saturated heterocycles. The SMILES string of the molecule is C[Si](C)(C)CC[Si](C)(C)CCCOCC(O)CCCCOCCOCCO. The van der Waals surface area contributed by atoms with Gasteiger partial charge in [0, 0.05) is 29.4 Å². The Bertz CT molecular complexity index is 335. The molecule has 0 radical (unpaired) electrons. The van der Waals surface area contributed by atoms with Crippen molar-refractivity contribution in [2.24, 2.45) is 0 Å². The van der Waals surface area contributed by atoms with Crippen LogP contribution in [-0.2, 0) is 14.2 Å². The lowest BCUT2D eigenvalue weighted by Gasteiger charge is -2.26. The monoisotopic (exact) mass is 422 g/mol. The number of ether oxygens (including phenoxy) is 3. The highest BCUT2D eigenvalue weighted by atomic mass is 28.3. The van der Waals surface area contributed by atoms with E-state index in [-0.39, 0.29) is 12.7 Å². The zero-order valence-electron chi connectivity index (χ0n) is 18.6. The summed E-state index contributed by atoms with van der Waals surface area (Å²) in [6, 6.07) is 4.22. The fourth-order valence-electron chi connectivity index (χ4n) is 2.76. The third-order valence-corrected chi connectivity index (χ3v) is 10.2. The zero-order chi connectivity index (χ0) is 20.6. The smallest absolute Gasteiger partial charge is 0.0773 e. The van der Waals surface area contributed by atoms with Crippen molar-refractivity contribution < 1.29 is 24.4 Å². The van der Waals surface area contributed by atoms with E-state index >= 15 is 0 Å². The van der Waals surface area contributed by atoms with Crippen LogP contribution in [0, 0.1) is 0 Å². The fraction of sp³-hybridized carbons (Fsp3) is 1.00. The van der Waals surface area contributed by atoms with E-state index in [1.54, 1.807) is 0 Å². The van der Waals surface area contributed by atoms with Crippen molar-refractivity contribution in [3.05, 3.63) is 0 Å². The lowest BCUT2D eigenvalue weighted by Crippen LogP contribution is -2.30. The topological polar surface area (TPSA) is 68.2 Å². The molecule has 0 aromatic carbocycles. The van der Waals surface area contributed by atoms with Gasteiger partial charge in [-0.15, -0.1) is 0 Å². The lowest BCUT2D eigenvalue weighted by molar-refractivity contribution is 0.0234. The molecule has 1 unspecified atom stereocenters. The van der Waals surface area contributed by atoms with Gasteiger partial charge in [0.05, 0.1) is 39.1 Å². The molecule has 0 aliphatic carbocycles. The van der Waals surface area contributed by atoms with Crippen LogP contribution in [0.1, 0.15) is 25.7 Å². The van der Waals surface area contributed by atoms with Crippen LogP contribution in [0.2, 0.25) is 50.9 Å². The van der Waals surface area contributed by atoms with Crippen molar-refractivity contribution in [3.63, 3.8) is 0 Å². The molecule has 0 aliphatic heterocycles. The lowest BCUT2D eigenvalue weighted by atomic mass is 10.2. The Morgan fingerprint density at radius 2 is 1.33 bits per heavy atom. The van der Waals surface area contributed by atoms with Crippen LogP contribution >= 0.6 is 0 Å². The molecule has 0 saturated carbocycles. The highest BCUT2D eigenvalue weighted by Crippen LogP contribution is 2.24. The summed E-state index contributed by atoms with van der Waals surface area (Å²) in [5.74, 6) is 0. The molecule has 7 heteroatoms. The molecule has 0 bridgehead atoms. The van der Waals surface area contributed by atoms with E-state index in [0.717, 1.165) is 32.3 Å². The molecular formula is C20H46O5Si2. The van der Waals surface area contributed by atoms with Crippen LogP contribution < -0.4 is 0 Å². The Hall–Kier alpha value is 0.234. The largest absolute Gasteiger partial charge is 0.394 e. The van der Waals surface area contributed by atoms with Crippen molar-refractivity contribution >= 4 is 16.1 Å². The van der Waals surface area contributed by atoms with E-state index in [2.05, 4.69) is 32.7 Å². The van der Waals surface area contributed by atoms with Crippen molar-refractivity contribution in [2.75, 3.05) is 46.2 Å². The molecule has 0 amide bonds. The summed E-state index contributed by atoms with van der Waals surface area (Å²) >= 11 is 0. The van der Waals surface area contributed by atoms with E-state index in [0.29, 0.717) is 33.0 Å². The van der Waals surface area contributed by atoms with Crippen LogP contribution in [0.25, 0.3) is 0 Å². The maximum Gasteiger partial charge on any atom is 0.0773 e. The van der Waals surface area contributed by atoms with Gasteiger partial charge in [-0.1, -0.05) is 50.9 Å². The fourth-order valence-corrected chi connectivity index (χ4v) is 9.82. The summed E-state index contributed by atoms with van der Waals surface area (Å²) < 4.78 is 16.2. The van der Waals surface area contributed by atoms with Crippen LogP contribution in [0.15, 0.2) is 0 Å². The van der Waals surface area contributed by atoms with Crippen LogP contribution in [-0.4, -0.2) is 78.7 Å². The van der Waals surface area contributed by atoms with E-state index in [9.17, 15) is 5.11 Å². The van der Waals surface area contributed by atoms with E-state index < -0.39 is 16.1 Å². The van der Waals surface area contributed by atoms with Gasteiger partial charge in [-0.25, -0.2) is 0 Å². The number of aliphatic hydroxyl groups is 2. The first kappa shape index (κ1) is 27.2. The van der Waals surface area contributed by atoms with Crippen molar-refractivity contribution in [1.29, 1.82) is 0 Å². The number of hydrogen-bond acceptors (Lipinski definition) is 5. The molecule has 0 heterocycles. The summed E-state index contributed by atoms with van der Waals surface area (Å²) in [4.78, 5) is 0. The van der Waals surface area contributed by atoms with Gasteiger partial charge in [-0.2, -0.15) is 0 Å². The molecule has 5 nitrogen and oxygen atoms in total. The molecule has 1 atom stereocenters. The first-order chi connectivity index (χ1) is 12.7. The van der Waals surface area contributed by atoms with Crippen LogP contribution in [0.4, 0.5) is 0 Å². The molecule has 0 spiro atoms. The average Bonchev–Trinajstić information content (AvgIpc) is 2.58. The highest BCUT2D eigenvalue weighted by molar-refractivity contribution is 6.82. The van der Waals surface area contributed by atoms with Crippen molar-refractivity contribution in [2.45, 2.75) is 82.7 Å². The number of aliphatic hydroxyl groups excluding tert-OH is 2. The van der Waals surface area contributed by atoms with Crippen molar-refractivity contribution in [1.82, 2.24) is 0 Å². The Labute approximate surface area is 169 Å². The molecule has 27 heavy (non-hydrogen) atoms. The number of hydrogen-bond donors (Lipinski definition) is 2. The number of rotatable bonds is 19. The minimum absolute atomic E-state index is 0.0538. The Morgan fingerprint density at radius 3 is 1.96 bits per heavy atom. The third-order valence-electron chi connectivity index (χ3n) is 4.69. The summed E-state index contributed by atoms with van der Waals surface area (Å²) in [6.45, 7) is 15.8. The average molecular weight is 423 g/mol. The van der Waals surface area contributed by atoms with Gasteiger partial charge in [-0.05, 0) is 25.7 Å². The second-order valence-corrected chi connectivity index (χ2v) is 20.5. The zero-order valence-corrected chi connectivity index (χ0v) is 20.6. The van der Waals surface area contributed by atoms with Gasteiger partial charge in [-0.3, -0.25) is 0 Å². The summed E-state index contributed by atoms with van der Waals surface area (Å²) in [5.41, 5.74) is 0. The van der Waals surface area contributed by atoms with Gasteiger partial charge in [0.15, 0.2) is 0 Å². The second kappa shape index (κ2) is 16.1. The van der Waals surface area contributed by atoms with E-state index in [1.165, 1.54) is 18.1 Å². The van der Waals surface area contributed by atoms with Gasteiger partial charge >= 0.3 is 0 Å². The Kier molecular flexibility index (Phi) is 16.2. The first-order valence-corrected chi connectivity index (χ1v) is 17.8. The van der Waals surface area contributed by atoms with Crippen LogP contribution in [0.3, 0.4) is 0 Å². The predicted octanol–water partition coefficient (Wildman–Crippen LogP) is 4.00. The minimum Gasteiger partial charge on any atom is -0.394 e. The molecule has 164 valence electrons. The summed E-state index contributed by atoms with van der Waals surface area (Å²) in [6.07, 6.45) is 3.41. The molecule has 0 aromatic heterocycles. The maximum absolute atomic E-state index is 9.99. The Balaban J connectivity index is 3.47. The predicted molar refractivity (Wildman–Crippen MR) is 119 cm³/mol. The van der Waals surface area contributed by atoms with E-state index in [1.807, 2.05) is 0 Å². The highest BCUT2D eigenvalue weighted by Gasteiger charge is 2.23. The summed E-state index contributed by atoms with van der Waals surface area (Å²) in [7, 11) is -2.00. The minimum atomic E-state index is -1.08. The molecule has 0 aromatic rings. The quantitative estimate of drug-likeness (QED) is 0.243. The van der Waals surface area contributed by atoms with E-state index in [4.69, 9.17) is 19.3 Å². The molecule has 0 fully saturated rings. The van der Waals surface area contributed by atoms with Crippen molar-refractivity contribution in [3.8, 4) is 0 Å². The standard InChI is InChI=1S/C20H46O5Si2/c1-26(2,3)17-18-27(4,5)16-8-12-25-19-20(22)9-6-7-11-23-14-15-24-13-10-21/h20-22H,6-19H2,1-5H3. The Morgan fingerprint density at radius 1 is 0.704 bits per heavy atom. The van der Waals surface area contributed by atoms with Gasteiger partial charge < -0.3 is 24.4 Å². The van der Waals surface area contributed by atoms with Crippen LogP contribution in [0.5, 0.6) is 0 Å². The van der Waals surface area contributed by atoms with Gasteiger partial charge in [0.2, 0.25) is 0 Å². The normalized spacial score (nSPS) is 13.9. The molecule has 0 aliphatic rings. The first-order valence-electron chi connectivity index (χ1n) is 10.7. The summed E-state index contributed by atoms with van der Waals surface area (Å²) in [5, 5.41) is 18.6. The van der Waals surface area contributed by atoms with Gasteiger partial charge in [0.25, 0.3) is 0 Å². The maximum atomic E-state index is 9.99. The molecule has 2 N–H and O–H groups in total. The third kappa shape index (κ3) is 20.8. The molecular weight excluding hydrogens is 376 g/mol. The second-order valence-electron chi connectivity index (χ2n) is 9.50. The number of unbranched alkanes of at least 4 members (excludes halogenated alkanes) is 1. The molecule has 0 rings (SSSR count).